The van der Waals surface area contributed by atoms with Crippen molar-refractivity contribution >= 4 is 23.2 Å². The van der Waals surface area contributed by atoms with Gasteiger partial charge in [-0.25, -0.2) is 4.68 Å². The van der Waals surface area contributed by atoms with E-state index in [1.165, 1.54) is 0 Å². The van der Waals surface area contributed by atoms with Gasteiger partial charge in [0.15, 0.2) is 0 Å². The Morgan fingerprint density at radius 2 is 1.84 bits per heavy atom. The second kappa shape index (κ2) is 7.43. The lowest BCUT2D eigenvalue weighted by atomic mass is 9.84. The summed E-state index contributed by atoms with van der Waals surface area (Å²) in [6.45, 7) is 0. The third kappa shape index (κ3) is 2.95. The molecule has 0 fully saturated rings. The summed E-state index contributed by atoms with van der Waals surface area (Å²) < 4.78 is 13.9. The van der Waals surface area contributed by atoms with E-state index in [2.05, 4.69) is 33.6 Å². The molecule has 6 nitrogen and oxygen atoms in total. The lowest BCUT2D eigenvalue weighted by Crippen LogP contribution is -2.32. The molecule has 0 bridgehead atoms. The Hall–Kier alpha value is -3.77. The normalized spacial score (nSPS) is 18.7. The van der Waals surface area contributed by atoms with Gasteiger partial charge in [-0.2, -0.15) is 10.1 Å². The molecule has 3 aromatic carbocycles. The number of rotatable bonds is 3. The van der Waals surface area contributed by atoms with E-state index in [0.29, 0.717) is 11.0 Å². The van der Waals surface area contributed by atoms with E-state index in [-0.39, 0.29) is 12.1 Å². The molecule has 1 aromatic heterocycles. The topological polar surface area (TPSA) is 61.2 Å². The first-order valence-corrected chi connectivity index (χ1v) is 10.7. The third-order valence-electron chi connectivity index (χ3n) is 5.90. The summed E-state index contributed by atoms with van der Waals surface area (Å²) in [7, 11) is 1.66. The minimum atomic E-state index is -0.351. The van der Waals surface area contributed by atoms with Crippen molar-refractivity contribution in [2.75, 3.05) is 12.4 Å². The Morgan fingerprint density at radius 3 is 2.66 bits per heavy atom. The molecule has 0 aliphatic carbocycles. The number of hydrogen-bond acceptors (Lipinski definition) is 5. The van der Waals surface area contributed by atoms with Gasteiger partial charge in [0.25, 0.3) is 0 Å². The van der Waals surface area contributed by atoms with E-state index in [0.717, 1.165) is 39.5 Å². The SMILES string of the molecule is COc1ccc(C2C3=C(Nc4ncnn42)c2ccccc2OC3c2cccc(Cl)c2)cc1. The Labute approximate surface area is 190 Å². The number of nitrogens with zero attached hydrogens (tertiary/aromatic N) is 3. The number of benzene rings is 3. The zero-order valence-corrected chi connectivity index (χ0v) is 18.0. The van der Waals surface area contributed by atoms with Crippen LogP contribution in [-0.4, -0.2) is 21.9 Å². The largest absolute Gasteiger partial charge is 0.497 e. The van der Waals surface area contributed by atoms with Gasteiger partial charge in [-0.3, -0.25) is 0 Å². The number of anilines is 1. The van der Waals surface area contributed by atoms with Gasteiger partial charge in [-0.15, -0.1) is 0 Å². The summed E-state index contributed by atoms with van der Waals surface area (Å²) >= 11 is 6.36. The highest BCUT2D eigenvalue weighted by atomic mass is 35.5. The highest BCUT2D eigenvalue weighted by molar-refractivity contribution is 6.30. The molecule has 2 aliphatic heterocycles. The first-order valence-electron chi connectivity index (χ1n) is 10.3. The van der Waals surface area contributed by atoms with Crippen molar-refractivity contribution in [1.29, 1.82) is 0 Å². The van der Waals surface area contributed by atoms with Crippen molar-refractivity contribution in [2.45, 2.75) is 12.1 Å². The van der Waals surface area contributed by atoms with Crippen LogP contribution in [0.2, 0.25) is 5.02 Å². The molecule has 0 radical (unpaired) electrons. The van der Waals surface area contributed by atoms with E-state index < -0.39 is 0 Å². The summed E-state index contributed by atoms with van der Waals surface area (Å²) in [5.41, 5.74) is 5.06. The van der Waals surface area contributed by atoms with Crippen LogP contribution in [0.3, 0.4) is 0 Å². The van der Waals surface area contributed by atoms with Crippen molar-refractivity contribution in [3.8, 4) is 11.5 Å². The van der Waals surface area contributed by atoms with Crippen molar-refractivity contribution in [3.63, 3.8) is 0 Å². The molecular formula is C25H19ClN4O2. The molecule has 6 rings (SSSR count). The van der Waals surface area contributed by atoms with E-state index in [9.17, 15) is 0 Å². The average Bonchev–Trinajstić information content (AvgIpc) is 3.30. The van der Waals surface area contributed by atoms with Crippen LogP contribution in [-0.2, 0) is 0 Å². The number of aromatic nitrogens is 3. The number of fused-ring (bicyclic) bond motifs is 3. The van der Waals surface area contributed by atoms with Gasteiger partial charge in [0, 0.05) is 16.2 Å². The number of halogens is 1. The second-order valence-corrected chi connectivity index (χ2v) is 8.14. The quantitative estimate of drug-likeness (QED) is 0.454. The van der Waals surface area contributed by atoms with Gasteiger partial charge < -0.3 is 14.8 Å². The molecule has 3 heterocycles. The molecule has 2 atom stereocenters. The zero-order valence-electron chi connectivity index (χ0n) is 17.2. The van der Waals surface area contributed by atoms with E-state index in [1.54, 1.807) is 13.4 Å². The van der Waals surface area contributed by atoms with E-state index in [4.69, 9.17) is 21.1 Å². The first-order chi connectivity index (χ1) is 15.7. The van der Waals surface area contributed by atoms with Crippen LogP contribution in [0.25, 0.3) is 5.70 Å². The number of nitrogens with one attached hydrogen (secondary N) is 1. The highest BCUT2D eigenvalue weighted by Crippen LogP contribution is 2.50. The summed E-state index contributed by atoms with van der Waals surface area (Å²) in [4.78, 5) is 4.46. The maximum Gasteiger partial charge on any atom is 0.226 e. The Balaban J connectivity index is 1.61. The number of methoxy groups -OCH3 is 1. The fraction of sp³-hybridized carbons (Fsp3) is 0.120. The van der Waals surface area contributed by atoms with Crippen LogP contribution >= 0.6 is 11.6 Å². The molecule has 1 N–H and O–H groups in total. The van der Waals surface area contributed by atoms with Gasteiger partial charge in [0.2, 0.25) is 5.95 Å². The molecule has 0 spiro atoms. The Kier molecular flexibility index (Phi) is 4.40. The minimum absolute atomic E-state index is 0.216. The van der Waals surface area contributed by atoms with Gasteiger partial charge in [-0.05, 0) is 47.5 Å². The van der Waals surface area contributed by atoms with Crippen molar-refractivity contribution in [3.05, 3.63) is 106 Å². The molecule has 32 heavy (non-hydrogen) atoms. The second-order valence-electron chi connectivity index (χ2n) is 7.71. The molecule has 2 aliphatic rings. The maximum absolute atomic E-state index is 6.59. The van der Waals surface area contributed by atoms with Crippen molar-refractivity contribution < 1.29 is 9.47 Å². The van der Waals surface area contributed by atoms with Crippen LogP contribution in [0.4, 0.5) is 5.95 Å². The predicted molar refractivity (Wildman–Crippen MR) is 123 cm³/mol. The Morgan fingerprint density at radius 1 is 1.00 bits per heavy atom. The van der Waals surface area contributed by atoms with Crippen molar-refractivity contribution in [2.24, 2.45) is 0 Å². The molecule has 7 heteroatoms. The molecule has 158 valence electrons. The summed E-state index contributed by atoms with van der Waals surface area (Å²) in [5, 5.41) is 8.71. The van der Waals surface area contributed by atoms with Crippen LogP contribution in [0, 0.1) is 0 Å². The lowest BCUT2D eigenvalue weighted by molar-refractivity contribution is 0.223. The predicted octanol–water partition coefficient (Wildman–Crippen LogP) is 5.50. The van der Waals surface area contributed by atoms with Gasteiger partial charge in [0.1, 0.15) is 30.0 Å². The van der Waals surface area contributed by atoms with E-state index in [1.807, 2.05) is 59.3 Å². The molecule has 0 amide bonds. The molecule has 4 aromatic rings. The summed E-state index contributed by atoms with van der Waals surface area (Å²) in [6.07, 6.45) is 1.22. The van der Waals surface area contributed by atoms with Gasteiger partial charge in [0.05, 0.1) is 12.8 Å². The fourth-order valence-electron chi connectivity index (χ4n) is 4.47. The van der Waals surface area contributed by atoms with Gasteiger partial charge in [-0.1, -0.05) is 48.0 Å². The monoisotopic (exact) mass is 442 g/mol. The van der Waals surface area contributed by atoms with Crippen LogP contribution in [0.15, 0.2) is 84.7 Å². The standard InChI is InChI=1S/C25H19ClN4O2/c1-31-18-11-9-15(10-12-18)23-21-22(29-25-27-14-28-30(23)25)19-7-2-3-8-20(19)32-24(21)16-5-4-6-17(26)13-16/h2-14,23-24H,1H3,(H,27,28,29). The highest BCUT2D eigenvalue weighted by Gasteiger charge is 2.40. The number of para-hydroxylation sites is 1. The summed E-state index contributed by atoms with van der Waals surface area (Å²) in [5.74, 6) is 2.30. The minimum Gasteiger partial charge on any atom is -0.497 e. The molecule has 0 saturated carbocycles. The van der Waals surface area contributed by atoms with Crippen molar-refractivity contribution in [1.82, 2.24) is 14.8 Å². The third-order valence-corrected chi connectivity index (χ3v) is 6.14. The maximum atomic E-state index is 6.59. The van der Waals surface area contributed by atoms with Crippen LogP contribution in [0.5, 0.6) is 11.5 Å². The Bertz CT molecular complexity index is 1350. The first kappa shape index (κ1) is 19.0. The number of hydrogen-bond donors (Lipinski definition) is 1. The van der Waals surface area contributed by atoms with E-state index >= 15 is 0 Å². The lowest BCUT2D eigenvalue weighted by Gasteiger charge is -2.39. The number of ether oxygens (including phenoxy) is 2. The van der Waals surface area contributed by atoms with Crippen LogP contribution in [0.1, 0.15) is 28.8 Å². The molecule has 0 saturated heterocycles. The molecular weight excluding hydrogens is 424 g/mol. The smallest absolute Gasteiger partial charge is 0.226 e. The zero-order chi connectivity index (χ0) is 21.7. The molecule has 2 unspecified atom stereocenters. The van der Waals surface area contributed by atoms with Gasteiger partial charge >= 0.3 is 0 Å². The summed E-state index contributed by atoms with van der Waals surface area (Å²) in [6, 6.07) is 23.6. The average molecular weight is 443 g/mol. The fourth-order valence-corrected chi connectivity index (χ4v) is 4.67. The van der Waals surface area contributed by atoms with Crippen LogP contribution < -0.4 is 14.8 Å².